The molecule has 0 bridgehead atoms. The molecule has 120 valence electrons. The van der Waals surface area contributed by atoms with Crippen molar-refractivity contribution < 1.29 is 15.0 Å². The molecule has 5 nitrogen and oxygen atoms in total. The molecule has 1 amide bonds. The van der Waals surface area contributed by atoms with Crippen LogP contribution in [0.25, 0.3) is 0 Å². The van der Waals surface area contributed by atoms with Crippen LogP contribution in [0, 0.1) is 0 Å². The number of hydrazone groups is 1. The first-order valence-electron chi connectivity index (χ1n) is 5.99. The lowest BCUT2D eigenvalue weighted by atomic mass is 10.2. The van der Waals surface area contributed by atoms with Gasteiger partial charge in [-0.25, -0.2) is 5.43 Å². The molecule has 0 aromatic heterocycles. The van der Waals surface area contributed by atoms with Crippen LogP contribution >= 0.6 is 63.7 Å². The van der Waals surface area contributed by atoms with Crippen molar-refractivity contribution in [2.45, 2.75) is 0 Å². The molecule has 23 heavy (non-hydrogen) atoms. The Hall–Kier alpha value is -0.900. The van der Waals surface area contributed by atoms with Crippen LogP contribution in [-0.2, 0) is 0 Å². The Labute approximate surface area is 165 Å². The van der Waals surface area contributed by atoms with E-state index >= 15 is 0 Å². The number of nitrogens with zero attached hydrogens (tertiary/aromatic N) is 1. The molecular formula is C14H8Br4N2O3. The Morgan fingerprint density at radius 3 is 2.13 bits per heavy atom. The van der Waals surface area contributed by atoms with Gasteiger partial charge in [0.2, 0.25) is 0 Å². The fourth-order valence-electron chi connectivity index (χ4n) is 1.62. The largest absolute Gasteiger partial charge is 0.506 e. The molecule has 0 saturated carbocycles. The van der Waals surface area contributed by atoms with E-state index in [1.54, 1.807) is 18.2 Å². The smallest absolute Gasteiger partial charge is 0.275 e. The number of amides is 1. The van der Waals surface area contributed by atoms with Gasteiger partial charge in [-0.3, -0.25) is 4.79 Å². The van der Waals surface area contributed by atoms with Crippen molar-refractivity contribution in [3.63, 3.8) is 0 Å². The van der Waals surface area contributed by atoms with E-state index in [0.29, 0.717) is 23.5 Å². The first kappa shape index (κ1) is 18.4. The number of nitrogens with one attached hydrogen (secondary N) is 1. The number of rotatable bonds is 3. The standard InChI is InChI=1S/C14H8Br4N2O3/c15-7-3-8(12(21)11(18)4-7)14(23)20-19-5-6-1-9(16)13(22)10(17)2-6/h1-5,21-22H,(H,20,23)/b19-5-. The Bertz CT molecular complexity index is 786. The molecule has 2 rings (SSSR count). The second-order valence-electron chi connectivity index (χ2n) is 4.32. The summed E-state index contributed by atoms with van der Waals surface area (Å²) < 4.78 is 2.02. The van der Waals surface area contributed by atoms with Crippen molar-refractivity contribution >= 4 is 75.8 Å². The molecule has 0 aliphatic heterocycles. The highest BCUT2D eigenvalue weighted by Crippen LogP contribution is 2.33. The highest BCUT2D eigenvalue weighted by molar-refractivity contribution is 9.11. The molecule has 3 N–H and O–H groups in total. The molecule has 0 unspecified atom stereocenters. The van der Waals surface area contributed by atoms with E-state index in [-0.39, 0.29) is 17.1 Å². The summed E-state index contributed by atoms with van der Waals surface area (Å²) in [7, 11) is 0. The highest BCUT2D eigenvalue weighted by atomic mass is 79.9. The quantitative estimate of drug-likeness (QED) is 0.362. The highest BCUT2D eigenvalue weighted by Gasteiger charge is 2.14. The average Bonchev–Trinajstić information content (AvgIpc) is 2.48. The average molecular weight is 572 g/mol. The van der Waals surface area contributed by atoms with Gasteiger partial charge in [0.1, 0.15) is 11.5 Å². The van der Waals surface area contributed by atoms with Crippen LogP contribution in [0.3, 0.4) is 0 Å². The summed E-state index contributed by atoms with van der Waals surface area (Å²) in [6, 6.07) is 6.39. The van der Waals surface area contributed by atoms with Gasteiger partial charge in [0, 0.05) is 4.47 Å². The van der Waals surface area contributed by atoms with Crippen LogP contribution in [0.4, 0.5) is 0 Å². The number of phenolic OH excluding ortho intramolecular Hbond substituents is 2. The molecule has 0 spiro atoms. The summed E-state index contributed by atoms with van der Waals surface area (Å²) in [4.78, 5) is 12.1. The summed E-state index contributed by atoms with van der Waals surface area (Å²) in [6.07, 6.45) is 1.41. The summed E-state index contributed by atoms with van der Waals surface area (Å²) in [5.41, 5.74) is 3.07. The van der Waals surface area contributed by atoms with E-state index in [1.165, 1.54) is 12.3 Å². The molecule has 9 heteroatoms. The molecule has 0 heterocycles. The van der Waals surface area contributed by atoms with E-state index in [1.807, 2.05) is 0 Å². The summed E-state index contributed by atoms with van der Waals surface area (Å²) >= 11 is 12.8. The van der Waals surface area contributed by atoms with Crippen molar-refractivity contribution in [3.8, 4) is 11.5 Å². The number of benzene rings is 2. The minimum Gasteiger partial charge on any atom is -0.506 e. The summed E-state index contributed by atoms with van der Waals surface area (Å²) in [6.45, 7) is 0. The topological polar surface area (TPSA) is 81.9 Å². The third-order valence-electron chi connectivity index (χ3n) is 2.69. The van der Waals surface area contributed by atoms with Crippen LogP contribution in [0.2, 0.25) is 0 Å². The van der Waals surface area contributed by atoms with Crippen LogP contribution in [0.5, 0.6) is 11.5 Å². The van der Waals surface area contributed by atoms with Gasteiger partial charge in [-0.1, -0.05) is 15.9 Å². The number of halogens is 4. The summed E-state index contributed by atoms with van der Waals surface area (Å²) in [5.74, 6) is -0.649. The van der Waals surface area contributed by atoms with Crippen LogP contribution in [-0.4, -0.2) is 22.3 Å². The van der Waals surface area contributed by atoms with Crippen molar-refractivity contribution in [3.05, 3.63) is 53.3 Å². The van der Waals surface area contributed by atoms with E-state index in [2.05, 4.69) is 74.2 Å². The number of carbonyl (C=O) groups is 1. The molecule has 2 aromatic rings. The zero-order valence-electron chi connectivity index (χ0n) is 11.1. The van der Waals surface area contributed by atoms with Crippen molar-refractivity contribution in [1.29, 1.82) is 0 Å². The number of carbonyl (C=O) groups excluding carboxylic acids is 1. The molecule has 0 aliphatic rings. The van der Waals surface area contributed by atoms with E-state index in [4.69, 9.17) is 0 Å². The lowest BCUT2D eigenvalue weighted by Gasteiger charge is -2.06. The molecule has 0 saturated heterocycles. The van der Waals surface area contributed by atoms with Crippen LogP contribution < -0.4 is 5.43 Å². The first-order chi connectivity index (χ1) is 10.8. The maximum atomic E-state index is 12.1. The number of hydrogen-bond donors (Lipinski definition) is 3. The van der Waals surface area contributed by atoms with Crippen LogP contribution in [0.15, 0.2) is 47.3 Å². The molecule has 0 aliphatic carbocycles. The predicted molar refractivity (Wildman–Crippen MR) is 102 cm³/mol. The Kier molecular flexibility index (Phi) is 6.24. The maximum absolute atomic E-state index is 12.1. The van der Waals surface area contributed by atoms with Crippen molar-refractivity contribution in [2.24, 2.45) is 5.10 Å². The van der Waals surface area contributed by atoms with Gasteiger partial charge in [-0.15, -0.1) is 0 Å². The molecular weight excluding hydrogens is 564 g/mol. The fourth-order valence-corrected chi connectivity index (χ4v) is 4.07. The second kappa shape index (κ2) is 7.78. The van der Waals surface area contributed by atoms with Crippen molar-refractivity contribution in [2.75, 3.05) is 0 Å². The first-order valence-corrected chi connectivity index (χ1v) is 9.16. The van der Waals surface area contributed by atoms with Gasteiger partial charge in [-0.2, -0.15) is 5.10 Å². The van der Waals surface area contributed by atoms with E-state index < -0.39 is 5.91 Å². The third-order valence-corrected chi connectivity index (χ3v) is 4.96. The van der Waals surface area contributed by atoms with E-state index in [0.717, 1.165) is 0 Å². The van der Waals surface area contributed by atoms with Crippen molar-refractivity contribution in [1.82, 2.24) is 5.43 Å². The Morgan fingerprint density at radius 1 is 0.957 bits per heavy atom. The summed E-state index contributed by atoms with van der Waals surface area (Å²) in [5, 5.41) is 23.4. The molecule has 0 atom stereocenters. The Balaban J connectivity index is 2.16. The van der Waals surface area contributed by atoms with Gasteiger partial charge in [-0.05, 0) is 77.6 Å². The van der Waals surface area contributed by atoms with Gasteiger partial charge in [0.25, 0.3) is 5.91 Å². The molecule has 2 aromatic carbocycles. The monoisotopic (exact) mass is 568 g/mol. The Morgan fingerprint density at radius 2 is 1.52 bits per heavy atom. The van der Waals surface area contributed by atoms with Gasteiger partial charge in [0.05, 0.1) is 25.2 Å². The minimum absolute atomic E-state index is 0.0788. The normalized spacial score (nSPS) is 11.0. The lowest BCUT2D eigenvalue weighted by Crippen LogP contribution is -2.17. The SMILES string of the molecule is O=C(N/N=C\c1cc(Br)c(O)c(Br)c1)c1cc(Br)cc(Br)c1O. The lowest BCUT2D eigenvalue weighted by molar-refractivity contribution is 0.0952. The van der Waals surface area contributed by atoms with Gasteiger partial charge >= 0.3 is 0 Å². The number of phenols is 2. The molecule has 0 fully saturated rings. The number of hydrogen-bond acceptors (Lipinski definition) is 4. The predicted octanol–water partition coefficient (Wildman–Crippen LogP) is 4.91. The maximum Gasteiger partial charge on any atom is 0.275 e. The van der Waals surface area contributed by atoms with Gasteiger partial charge in [0.15, 0.2) is 0 Å². The fraction of sp³-hybridized carbons (Fsp3) is 0. The third kappa shape index (κ3) is 4.56. The number of aromatic hydroxyl groups is 2. The molecule has 0 radical (unpaired) electrons. The zero-order chi connectivity index (χ0) is 17.1. The zero-order valence-corrected chi connectivity index (χ0v) is 17.5. The second-order valence-corrected chi connectivity index (χ2v) is 7.79. The van der Waals surface area contributed by atoms with E-state index in [9.17, 15) is 15.0 Å². The van der Waals surface area contributed by atoms with Crippen LogP contribution in [0.1, 0.15) is 15.9 Å². The van der Waals surface area contributed by atoms with Gasteiger partial charge < -0.3 is 10.2 Å². The minimum atomic E-state index is -0.558.